The lowest BCUT2D eigenvalue weighted by molar-refractivity contribution is 0.251. The summed E-state index contributed by atoms with van der Waals surface area (Å²) in [6, 6.07) is 6.79. The number of aryl methyl sites for hydroxylation is 2. The highest BCUT2D eigenvalue weighted by molar-refractivity contribution is 6.30. The molecule has 130 valence electrons. The Labute approximate surface area is 149 Å². The Morgan fingerprint density at radius 1 is 1.36 bits per heavy atom. The van der Waals surface area contributed by atoms with Gasteiger partial charge >= 0.3 is 6.03 Å². The molecule has 2 amide bonds. The van der Waals surface area contributed by atoms with Crippen LogP contribution in [0.1, 0.15) is 11.3 Å². The number of nitrogens with zero attached hydrogens (tertiary/aromatic N) is 3. The second-order valence-electron chi connectivity index (χ2n) is 5.57. The van der Waals surface area contributed by atoms with Crippen LogP contribution in [-0.2, 0) is 13.6 Å². The fraction of sp³-hybridized carbons (Fsp3) is 0.235. The molecule has 3 rings (SSSR count). The van der Waals surface area contributed by atoms with Gasteiger partial charge in [-0.2, -0.15) is 5.10 Å². The minimum atomic E-state index is -0.334. The Morgan fingerprint density at radius 2 is 2.16 bits per heavy atom. The lowest BCUT2D eigenvalue weighted by Crippen LogP contribution is -2.28. The maximum absolute atomic E-state index is 12.1. The number of amides is 2. The van der Waals surface area contributed by atoms with Gasteiger partial charge in [0, 0.05) is 29.6 Å². The fourth-order valence-electron chi connectivity index (χ4n) is 2.59. The number of nitrogens with one attached hydrogen (secondary N) is 2. The third-order valence-corrected chi connectivity index (χ3v) is 4.04. The second kappa shape index (κ2) is 6.98. The van der Waals surface area contributed by atoms with Gasteiger partial charge in [-0.3, -0.25) is 4.68 Å². The molecule has 0 spiro atoms. The third-order valence-electron chi connectivity index (χ3n) is 3.81. The SMILES string of the molecule is COc1cc(Cl)ccc1CNC(=O)Nc1cnc2c(c1)c(C)nn2C. The average molecular weight is 360 g/mol. The van der Waals surface area contributed by atoms with Gasteiger partial charge in [0.1, 0.15) is 5.75 Å². The number of rotatable bonds is 4. The molecule has 0 fully saturated rings. The van der Waals surface area contributed by atoms with Crippen LogP contribution in [0, 0.1) is 6.92 Å². The predicted molar refractivity (Wildman–Crippen MR) is 97.1 cm³/mol. The maximum atomic E-state index is 12.1. The van der Waals surface area contributed by atoms with E-state index in [4.69, 9.17) is 16.3 Å². The molecule has 0 bridgehead atoms. The zero-order valence-electron chi connectivity index (χ0n) is 14.1. The van der Waals surface area contributed by atoms with Crippen molar-refractivity contribution < 1.29 is 9.53 Å². The molecule has 0 aliphatic rings. The predicted octanol–water partition coefficient (Wildman–Crippen LogP) is 3.26. The molecule has 0 saturated carbocycles. The van der Waals surface area contributed by atoms with Crippen molar-refractivity contribution in [3.63, 3.8) is 0 Å². The number of carbonyl (C=O) groups is 1. The Hall–Kier alpha value is -2.80. The van der Waals surface area contributed by atoms with Gasteiger partial charge in [-0.1, -0.05) is 17.7 Å². The Bertz CT molecular complexity index is 938. The molecule has 2 N–H and O–H groups in total. The molecule has 2 aromatic heterocycles. The molecular weight excluding hydrogens is 342 g/mol. The summed E-state index contributed by atoms with van der Waals surface area (Å²) in [5.41, 5.74) is 3.07. The van der Waals surface area contributed by atoms with Crippen molar-refractivity contribution in [1.82, 2.24) is 20.1 Å². The van der Waals surface area contributed by atoms with Gasteiger partial charge in [-0.05, 0) is 25.1 Å². The quantitative estimate of drug-likeness (QED) is 0.749. The van der Waals surface area contributed by atoms with Gasteiger partial charge in [0.2, 0.25) is 0 Å². The molecule has 0 aliphatic carbocycles. The van der Waals surface area contributed by atoms with Crippen LogP contribution >= 0.6 is 11.6 Å². The summed E-state index contributed by atoms with van der Waals surface area (Å²) in [5, 5.41) is 11.4. The maximum Gasteiger partial charge on any atom is 0.319 e. The first-order chi connectivity index (χ1) is 12.0. The van der Waals surface area contributed by atoms with Crippen molar-refractivity contribution in [3.05, 3.63) is 46.7 Å². The number of pyridine rings is 1. The van der Waals surface area contributed by atoms with E-state index < -0.39 is 0 Å². The molecule has 25 heavy (non-hydrogen) atoms. The number of hydrogen-bond donors (Lipinski definition) is 2. The van der Waals surface area contributed by atoms with Gasteiger partial charge in [0.15, 0.2) is 5.65 Å². The minimum Gasteiger partial charge on any atom is -0.496 e. The number of halogens is 1. The summed E-state index contributed by atoms with van der Waals surface area (Å²) in [6.45, 7) is 2.22. The molecule has 1 aromatic carbocycles. The zero-order valence-corrected chi connectivity index (χ0v) is 14.9. The highest BCUT2D eigenvalue weighted by Gasteiger charge is 2.10. The van der Waals surface area contributed by atoms with Crippen LogP contribution < -0.4 is 15.4 Å². The van der Waals surface area contributed by atoms with Crippen LogP contribution in [0.5, 0.6) is 5.75 Å². The van der Waals surface area contributed by atoms with E-state index in [1.807, 2.05) is 26.1 Å². The number of ether oxygens (including phenoxy) is 1. The molecule has 0 atom stereocenters. The molecule has 7 nitrogen and oxygen atoms in total. The first-order valence-corrected chi connectivity index (χ1v) is 8.02. The number of hydrogen-bond acceptors (Lipinski definition) is 4. The smallest absolute Gasteiger partial charge is 0.319 e. The number of anilines is 1. The first-order valence-electron chi connectivity index (χ1n) is 7.64. The monoisotopic (exact) mass is 359 g/mol. The van der Waals surface area contributed by atoms with Crippen molar-refractivity contribution in [1.29, 1.82) is 0 Å². The van der Waals surface area contributed by atoms with E-state index in [0.29, 0.717) is 23.0 Å². The number of benzene rings is 1. The van der Waals surface area contributed by atoms with Crippen molar-refractivity contribution in [3.8, 4) is 5.75 Å². The van der Waals surface area contributed by atoms with Crippen LogP contribution in [-0.4, -0.2) is 27.9 Å². The summed E-state index contributed by atoms with van der Waals surface area (Å²) < 4.78 is 6.97. The lowest BCUT2D eigenvalue weighted by atomic mass is 10.2. The van der Waals surface area contributed by atoms with Crippen molar-refractivity contribution >= 4 is 34.4 Å². The van der Waals surface area contributed by atoms with Gasteiger partial charge in [-0.25, -0.2) is 9.78 Å². The molecule has 3 aromatic rings. The van der Waals surface area contributed by atoms with E-state index in [1.165, 1.54) is 0 Å². The van der Waals surface area contributed by atoms with Crippen LogP contribution in [0.2, 0.25) is 5.02 Å². The highest BCUT2D eigenvalue weighted by Crippen LogP contribution is 2.23. The van der Waals surface area contributed by atoms with Gasteiger partial charge in [0.25, 0.3) is 0 Å². The topological polar surface area (TPSA) is 81.1 Å². The van der Waals surface area contributed by atoms with Crippen molar-refractivity contribution in [2.75, 3.05) is 12.4 Å². The van der Waals surface area contributed by atoms with E-state index in [0.717, 1.165) is 22.3 Å². The molecule has 8 heteroatoms. The first kappa shape index (κ1) is 17.0. The number of methoxy groups -OCH3 is 1. The van der Waals surface area contributed by atoms with E-state index in [2.05, 4.69) is 20.7 Å². The summed E-state index contributed by atoms with van der Waals surface area (Å²) in [6.07, 6.45) is 1.60. The van der Waals surface area contributed by atoms with Crippen molar-refractivity contribution in [2.45, 2.75) is 13.5 Å². The van der Waals surface area contributed by atoms with Gasteiger partial charge < -0.3 is 15.4 Å². The number of aromatic nitrogens is 3. The largest absolute Gasteiger partial charge is 0.496 e. The molecule has 0 unspecified atom stereocenters. The van der Waals surface area contributed by atoms with E-state index in [1.54, 1.807) is 30.1 Å². The fourth-order valence-corrected chi connectivity index (χ4v) is 2.75. The van der Waals surface area contributed by atoms with Gasteiger partial charge in [0.05, 0.1) is 24.7 Å². The Balaban J connectivity index is 1.68. The zero-order chi connectivity index (χ0) is 18.0. The number of carbonyl (C=O) groups excluding carboxylic acids is 1. The van der Waals surface area contributed by atoms with Crippen LogP contribution in [0.25, 0.3) is 11.0 Å². The lowest BCUT2D eigenvalue weighted by Gasteiger charge is -2.11. The normalized spacial score (nSPS) is 10.7. The molecule has 0 saturated heterocycles. The Kier molecular flexibility index (Phi) is 4.76. The van der Waals surface area contributed by atoms with Crippen molar-refractivity contribution in [2.24, 2.45) is 7.05 Å². The number of fused-ring (bicyclic) bond motifs is 1. The molecule has 2 heterocycles. The molecule has 0 aliphatic heterocycles. The summed E-state index contributed by atoms with van der Waals surface area (Å²) in [5.74, 6) is 0.627. The minimum absolute atomic E-state index is 0.313. The second-order valence-corrected chi connectivity index (χ2v) is 6.00. The highest BCUT2D eigenvalue weighted by atomic mass is 35.5. The van der Waals surface area contributed by atoms with E-state index in [-0.39, 0.29) is 6.03 Å². The van der Waals surface area contributed by atoms with Crippen LogP contribution in [0.3, 0.4) is 0 Å². The van der Waals surface area contributed by atoms with Crippen LogP contribution in [0.15, 0.2) is 30.5 Å². The third kappa shape index (κ3) is 3.66. The standard InChI is InChI=1S/C17H18ClN5O2/c1-10-14-7-13(9-19-16(14)23(2)22-10)21-17(24)20-8-11-4-5-12(18)6-15(11)25-3/h4-7,9H,8H2,1-3H3,(H2,20,21,24). The van der Waals surface area contributed by atoms with Crippen LogP contribution in [0.4, 0.5) is 10.5 Å². The Morgan fingerprint density at radius 3 is 2.92 bits per heavy atom. The summed E-state index contributed by atoms with van der Waals surface area (Å²) in [7, 11) is 3.40. The summed E-state index contributed by atoms with van der Waals surface area (Å²) in [4.78, 5) is 16.5. The average Bonchev–Trinajstić information content (AvgIpc) is 2.87. The molecule has 0 radical (unpaired) electrons. The number of urea groups is 1. The molecular formula is C17H18ClN5O2. The van der Waals surface area contributed by atoms with Gasteiger partial charge in [-0.15, -0.1) is 0 Å². The summed E-state index contributed by atoms with van der Waals surface area (Å²) >= 11 is 5.93. The van der Waals surface area contributed by atoms with E-state index >= 15 is 0 Å². The van der Waals surface area contributed by atoms with E-state index in [9.17, 15) is 4.79 Å².